The summed E-state index contributed by atoms with van der Waals surface area (Å²) in [5.74, 6) is -7.52. The van der Waals surface area contributed by atoms with Gasteiger partial charge in [-0.3, -0.25) is 9.69 Å². The minimum Gasteiger partial charge on any atom is -0.335 e. The second-order valence-electron chi connectivity index (χ2n) is 5.37. The molecule has 0 saturated carbocycles. The Kier molecular flexibility index (Phi) is 4.65. The molecule has 4 nitrogen and oxygen atoms in total. The van der Waals surface area contributed by atoms with Crippen molar-refractivity contribution in [3.05, 3.63) is 0 Å². The van der Waals surface area contributed by atoms with Gasteiger partial charge in [0.05, 0.1) is 0 Å². The molecule has 1 aliphatic rings. The van der Waals surface area contributed by atoms with Crippen LogP contribution in [0.5, 0.6) is 0 Å². The van der Waals surface area contributed by atoms with Crippen LogP contribution in [0.25, 0.3) is 0 Å². The number of hydrogen-bond donors (Lipinski definition) is 1. The molecule has 1 aliphatic heterocycles. The Hall–Kier alpha value is -0.960. The van der Waals surface area contributed by atoms with Crippen molar-refractivity contribution in [2.75, 3.05) is 32.7 Å². The fraction of sp³-hybridized carbons (Fsp3) is 0.909. The van der Waals surface area contributed by atoms with Gasteiger partial charge in [-0.05, 0) is 13.8 Å². The van der Waals surface area contributed by atoms with Gasteiger partial charge in [0, 0.05) is 38.3 Å². The van der Waals surface area contributed by atoms with Crippen LogP contribution in [0.2, 0.25) is 0 Å². The molecule has 1 rings (SSSR count). The lowest BCUT2D eigenvalue weighted by Gasteiger charge is -2.44. The minimum atomic E-state index is -5.86. The Morgan fingerprint density at radius 3 is 1.85 bits per heavy atom. The maximum atomic E-state index is 13.0. The summed E-state index contributed by atoms with van der Waals surface area (Å²) in [4.78, 5) is 13.7. The summed E-state index contributed by atoms with van der Waals surface area (Å²) < 4.78 is 62.3. The van der Waals surface area contributed by atoms with Crippen molar-refractivity contribution in [3.8, 4) is 0 Å². The van der Waals surface area contributed by atoms with Crippen LogP contribution in [0, 0.1) is 0 Å². The molecule has 0 radical (unpaired) electrons. The van der Waals surface area contributed by atoms with Gasteiger partial charge in [0.2, 0.25) is 0 Å². The normalized spacial score (nSPS) is 19.3. The van der Waals surface area contributed by atoms with Crippen LogP contribution < -0.4 is 5.73 Å². The molecule has 0 aromatic rings. The van der Waals surface area contributed by atoms with Gasteiger partial charge in [0.1, 0.15) is 0 Å². The third-order valence-corrected chi connectivity index (χ3v) is 3.55. The van der Waals surface area contributed by atoms with Crippen LogP contribution in [0.4, 0.5) is 22.0 Å². The van der Waals surface area contributed by atoms with Gasteiger partial charge >= 0.3 is 18.0 Å². The first-order valence-electron chi connectivity index (χ1n) is 6.12. The van der Waals surface area contributed by atoms with Gasteiger partial charge in [-0.15, -0.1) is 0 Å². The first kappa shape index (κ1) is 17.1. The van der Waals surface area contributed by atoms with Gasteiger partial charge in [0.15, 0.2) is 0 Å². The number of carbonyl (C=O) groups is 1. The Balaban J connectivity index is 2.69. The van der Waals surface area contributed by atoms with E-state index < -0.39 is 18.0 Å². The molecule has 2 N–H and O–H groups in total. The summed E-state index contributed by atoms with van der Waals surface area (Å²) in [6, 6.07) is 0. The number of rotatable bonds is 3. The fourth-order valence-electron chi connectivity index (χ4n) is 1.96. The molecule has 0 aromatic heterocycles. The van der Waals surface area contributed by atoms with Crippen molar-refractivity contribution in [2.24, 2.45) is 5.73 Å². The van der Waals surface area contributed by atoms with Crippen LogP contribution in [-0.4, -0.2) is 66.1 Å². The zero-order valence-corrected chi connectivity index (χ0v) is 11.3. The first-order valence-corrected chi connectivity index (χ1v) is 6.12. The molecule has 1 fully saturated rings. The molecule has 0 aromatic carbocycles. The summed E-state index contributed by atoms with van der Waals surface area (Å²) >= 11 is 0. The van der Waals surface area contributed by atoms with Crippen molar-refractivity contribution in [1.29, 1.82) is 0 Å². The molecular weight excluding hydrogens is 285 g/mol. The third-order valence-electron chi connectivity index (χ3n) is 3.55. The van der Waals surface area contributed by atoms with E-state index in [0.29, 0.717) is 11.4 Å². The molecule has 20 heavy (non-hydrogen) atoms. The second kappa shape index (κ2) is 5.44. The summed E-state index contributed by atoms with van der Waals surface area (Å²) in [5, 5.41) is 0. The van der Waals surface area contributed by atoms with Crippen molar-refractivity contribution in [3.63, 3.8) is 0 Å². The van der Waals surface area contributed by atoms with Gasteiger partial charge < -0.3 is 10.6 Å². The highest BCUT2D eigenvalue weighted by Crippen LogP contribution is 2.37. The average Bonchev–Trinajstić information content (AvgIpc) is 2.36. The number of alkyl halides is 5. The van der Waals surface area contributed by atoms with E-state index in [1.807, 2.05) is 18.7 Å². The fourth-order valence-corrected chi connectivity index (χ4v) is 1.96. The van der Waals surface area contributed by atoms with E-state index in [2.05, 4.69) is 0 Å². The number of halogens is 5. The first-order chi connectivity index (χ1) is 8.93. The molecule has 0 bridgehead atoms. The van der Waals surface area contributed by atoms with Crippen LogP contribution >= 0.6 is 0 Å². The van der Waals surface area contributed by atoms with Crippen LogP contribution in [-0.2, 0) is 4.79 Å². The zero-order valence-electron chi connectivity index (χ0n) is 11.3. The number of piperazine rings is 1. The predicted octanol–water partition coefficient (Wildman–Crippen LogP) is 1.07. The molecule has 0 atom stereocenters. The highest BCUT2D eigenvalue weighted by atomic mass is 19.4. The van der Waals surface area contributed by atoms with E-state index in [1.165, 1.54) is 0 Å². The van der Waals surface area contributed by atoms with E-state index in [0.717, 1.165) is 0 Å². The van der Waals surface area contributed by atoms with E-state index in [4.69, 9.17) is 5.73 Å². The van der Waals surface area contributed by atoms with E-state index >= 15 is 0 Å². The second-order valence-corrected chi connectivity index (χ2v) is 5.37. The van der Waals surface area contributed by atoms with Gasteiger partial charge in [-0.2, -0.15) is 22.0 Å². The molecule has 0 spiro atoms. The smallest absolute Gasteiger partial charge is 0.335 e. The monoisotopic (exact) mass is 303 g/mol. The SMILES string of the molecule is CC(C)(CN)N1CCN(C(=O)C(F)(F)C(F)(F)F)CC1. The van der Waals surface area contributed by atoms with Crippen molar-refractivity contribution >= 4 is 5.91 Å². The summed E-state index contributed by atoms with van der Waals surface area (Å²) in [7, 11) is 0. The Labute approximate surface area is 113 Å². The third kappa shape index (κ3) is 3.20. The topological polar surface area (TPSA) is 49.6 Å². The van der Waals surface area contributed by atoms with Crippen LogP contribution in [0.3, 0.4) is 0 Å². The maximum absolute atomic E-state index is 13.0. The number of nitrogens with zero attached hydrogens (tertiary/aromatic N) is 2. The van der Waals surface area contributed by atoms with Crippen molar-refractivity contribution in [2.45, 2.75) is 31.5 Å². The summed E-state index contributed by atoms with van der Waals surface area (Å²) in [5.41, 5.74) is 5.18. The number of nitrogens with two attached hydrogens (primary N) is 1. The van der Waals surface area contributed by atoms with Gasteiger partial charge in [0.25, 0.3) is 0 Å². The predicted molar refractivity (Wildman–Crippen MR) is 62.3 cm³/mol. The summed E-state index contributed by atoms with van der Waals surface area (Å²) in [6.07, 6.45) is -5.86. The minimum absolute atomic E-state index is 0.173. The highest BCUT2D eigenvalue weighted by Gasteiger charge is 2.64. The lowest BCUT2D eigenvalue weighted by molar-refractivity contribution is -0.275. The molecule has 1 saturated heterocycles. The maximum Gasteiger partial charge on any atom is 0.463 e. The molecule has 118 valence electrons. The molecule has 9 heteroatoms. The summed E-state index contributed by atoms with van der Waals surface area (Å²) in [6.45, 7) is 4.08. The Morgan fingerprint density at radius 1 is 1.05 bits per heavy atom. The van der Waals surface area contributed by atoms with Gasteiger partial charge in [-0.25, -0.2) is 0 Å². The van der Waals surface area contributed by atoms with Crippen LogP contribution in [0.1, 0.15) is 13.8 Å². The Bertz CT molecular complexity index is 362. The van der Waals surface area contributed by atoms with Gasteiger partial charge in [-0.1, -0.05) is 0 Å². The number of amides is 1. The number of hydrogen-bond acceptors (Lipinski definition) is 3. The lowest BCUT2D eigenvalue weighted by Crippen LogP contribution is -2.61. The largest absolute Gasteiger partial charge is 0.463 e. The molecular formula is C11H18F5N3O. The van der Waals surface area contributed by atoms with Crippen molar-refractivity contribution in [1.82, 2.24) is 9.80 Å². The van der Waals surface area contributed by atoms with E-state index in [1.54, 1.807) is 0 Å². The molecule has 0 unspecified atom stereocenters. The standard InChI is InChI=1S/C11H18F5N3O/c1-9(2,7-17)19-5-3-18(4-6-19)8(20)10(12,13)11(14,15)16/h3-7,17H2,1-2H3. The molecule has 1 amide bonds. The highest BCUT2D eigenvalue weighted by molar-refractivity contribution is 5.84. The average molecular weight is 303 g/mol. The quantitative estimate of drug-likeness (QED) is 0.793. The molecule has 1 heterocycles. The van der Waals surface area contributed by atoms with E-state index in [9.17, 15) is 26.7 Å². The van der Waals surface area contributed by atoms with E-state index in [-0.39, 0.29) is 31.7 Å². The van der Waals surface area contributed by atoms with Crippen LogP contribution in [0.15, 0.2) is 0 Å². The Morgan fingerprint density at radius 2 is 1.50 bits per heavy atom. The number of carbonyl (C=O) groups excluding carboxylic acids is 1. The molecule has 0 aliphatic carbocycles. The lowest BCUT2D eigenvalue weighted by atomic mass is 10.0. The van der Waals surface area contributed by atoms with Crippen molar-refractivity contribution < 1.29 is 26.7 Å². The zero-order chi connectivity index (χ0) is 15.8.